The number of nitrogens with zero attached hydrogens (tertiary/aromatic N) is 1. The number of aromatic nitrogens is 1. The summed E-state index contributed by atoms with van der Waals surface area (Å²) < 4.78 is 56.8. The number of hydrogen-bond donors (Lipinski definition) is 2. The number of rotatable bonds is 5. The Balaban J connectivity index is 2.21. The van der Waals surface area contributed by atoms with Crippen molar-refractivity contribution in [2.45, 2.75) is 19.9 Å². The fourth-order valence-corrected chi connectivity index (χ4v) is 2.51. The number of oxazole rings is 1. The largest absolute Gasteiger partial charge is 0.448 e. The van der Waals surface area contributed by atoms with Gasteiger partial charge in [-0.2, -0.15) is 0 Å². The van der Waals surface area contributed by atoms with Crippen LogP contribution in [0.5, 0.6) is 0 Å². The molecule has 0 bridgehead atoms. The second-order valence-corrected chi connectivity index (χ2v) is 6.93. The third-order valence-corrected chi connectivity index (χ3v) is 3.63. The van der Waals surface area contributed by atoms with Crippen LogP contribution in [0.4, 0.5) is 14.5 Å². The molecule has 1 aromatic heterocycles. The van der Waals surface area contributed by atoms with Crippen LogP contribution in [0.15, 0.2) is 22.8 Å². The van der Waals surface area contributed by atoms with Gasteiger partial charge in [0.05, 0.1) is 12.3 Å². The molecule has 0 aliphatic rings. The second kappa shape index (κ2) is 6.56. The van der Waals surface area contributed by atoms with Crippen LogP contribution in [0.1, 0.15) is 34.9 Å². The molecule has 1 amide bonds. The molecule has 0 radical (unpaired) electrons. The van der Waals surface area contributed by atoms with E-state index in [-0.39, 0.29) is 11.3 Å². The van der Waals surface area contributed by atoms with Crippen LogP contribution in [0, 0.1) is 18.6 Å². The van der Waals surface area contributed by atoms with Gasteiger partial charge in [-0.05, 0) is 24.6 Å². The van der Waals surface area contributed by atoms with Gasteiger partial charge in [-0.1, -0.05) is 0 Å². The Morgan fingerprint density at radius 3 is 2.33 bits per heavy atom. The molecule has 0 aliphatic heterocycles. The van der Waals surface area contributed by atoms with E-state index in [0.717, 1.165) is 24.7 Å². The van der Waals surface area contributed by atoms with Crippen LogP contribution < -0.4 is 10.0 Å². The van der Waals surface area contributed by atoms with E-state index >= 15 is 0 Å². The van der Waals surface area contributed by atoms with Gasteiger partial charge in [0.1, 0.15) is 12.0 Å². The third kappa shape index (κ3) is 4.28. The monoisotopic (exact) mass is 359 g/mol. The molecule has 1 aromatic carbocycles. The van der Waals surface area contributed by atoms with Crippen LogP contribution >= 0.6 is 0 Å². The van der Waals surface area contributed by atoms with E-state index in [1.165, 1.54) is 6.92 Å². The van der Waals surface area contributed by atoms with Crippen molar-refractivity contribution >= 4 is 21.6 Å². The van der Waals surface area contributed by atoms with Crippen LogP contribution in [0.2, 0.25) is 0 Å². The molecule has 0 spiro atoms. The summed E-state index contributed by atoms with van der Waals surface area (Å²) in [6, 6.07) is 1.14. The van der Waals surface area contributed by atoms with Crippen molar-refractivity contribution in [2.75, 3.05) is 11.0 Å². The maximum atomic E-state index is 14.0. The topological polar surface area (TPSA) is 101 Å². The van der Waals surface area contributed by atoms with E-state index in [4.69, 9.17) is 4.42 Å². The molecule has 10 heteroatoms. The minimum absolute atomic E-state index is 0.0376. The van der Waals surface area contributed by atoms with Crippen molar-refractivity contribution < 1.29 is 26.4 Å². The van der Waals surface area contributed by atoms with Gasteiger partial charge >= 0.3 is 0 Å². The summed E-state index contributed by atoms with van der Waals surface area (Å²) >= 11 is 0. The zero-order valence-corrected chi connectivity index (χ0v) is 13.9. The van der Waals surface area contributed by atoms with E-state index in [1.54, 1.807) is 11.6 Å². The highest BCUT2D eigenvalue weighted by Crippen LogP contribution is 2.25. The molecule has 1 atom stereocenters. The summed E-state index contributed by atoms with van der Waals surface area (Å²) in [6.45, 7) is 3.08. The highest BCUT2D eigenvalue weighted by Gasteiger charge is 2.19. The number of nitrogens with one attached hydrogen (secondary N) is 2. The number of aryl methyl sites for hydroxylation is 1. The fraction of sp³-hybridized carbons (Fsp3) is 0.286. The molecule has 0 aliphatic carbocycles. The van der Waals surface area contributed by atoms with Gasteiger partial charge < -0.3 is 9.73 Å². The molecule has 1 heterocycles. The quantitative estimate of drug-likeness (QED) is 0.852. The number of hydrogen-bond acceptors (Lipinski definition) is 5. The number of sulfonamides is 1. The first-order valence-electron chi connectivity index (χ1n) is 6.76. The lowest BCUT2D eigenvalue weighted by atomic mass is 10.1. The van der Waals surface area contributed by atoms with Crippen molar-refractivity contribution in [3.8, 4) is 0 Å². The second-order valence-electron chi connectivity index (χ2n) is 5.18. The Labute approximate surface area is 137 Å². The molecule has 2 N–H and O–H groups in total. The zero-order chi connectivity index (χ0) is 18.1. The van der Waals surface area contributed by atoms with Crippen molar-refractivity contribution in [3.63, 3.8) is 0 Å². The lowest BCUT2D eigenvalue weighted by Crippen LogP contribution is -2.27. The summed E-state index contributed by atoms with van der Waals surface area (Å²) in [4.78, 5) is 15.8. The zero-order valence-electron chi connectivity index (χ0n) is 13.1. The van der Waals surface area contributed by atoms with Gasteiger partial charge in [-0.25, -0.2) is 22.2 Å². The predicted molar refractivity (Wildman–Crippen MR) is 81.9 cm³/mol. The highest BCUT2D eigenvalue weighted by molar-refractivity contribution is 7.92. The lowest BCUT2D eigenvalue weighted by Gasteiger charge is -2.15. The number of carbonyl (C=O) groups excluding carboxylic acids is 1. The molecule has 0 saturated carbocycles. The molecule has 2 rings (SSSR count). The SMILES string of the molecule is Cc1nc(C(=O)N[C@H](C)c2cc(F)c(NS(C)(=O)=O)c(F)c2)co1. The Morgan fingerprint density at radius 1 is 1.29 bits per heavy atom. The third-order valence-electron chi connectivity index (χ3n) is 3.05. The predicted octanol–water partition coefficient (Wildman–Crippen LogP) is 2.12. The Morgan fingerprint density at radius 2 is 1.88 bits per heavy atom. The summed E-state index contributed by atoms with van der Waals surface area (Å²) in [7, 11) is -3.83. The van der Waals surface area contributed by atoms with Gasteiger partial charge in [-0.3, -0.25) is 9.52 Å². The van der Waals surface area contributed by atoms with Crippen LogP contribution in [0.25, 0.3) is 0 Å². The Kier molecular flexibility index (Phi) is 4.88. The number of carbonyl (C=O) groups is 1. The van der Waals surface area contributed by atoms with E-state index < -0.39 is 39.3 Å². The van der Waals surface area contributed by atoms with E-state index in [1.807, 2.05) is 0 Å². The first-order chi connectivity index (χ1) is 11.1. The fourth-order valence-electron chi connectivity index (χ4n) is 1.95. The molecule has 0 fully saturated rings. The van der Waals surface area contributed by atoms with Gasteiger partial charge in [0.25, 0.3) is 5.91 Å². The Hall–Kier alpha value is -2.49. The number of halogens is 2. The van der Waals surface area contributed by atoms with Crippen LogP contribution in [-0.2, 0) is 10.0 Å². The van der Waals surface area contributed by atoms with E-state index in [0.29, 0.717) is 5.89 Å². The molecule has 2 aromatic rings. The molecule has 7 nitrogen and oxygen atoms in total. The van der Waals surface area contributed by atoms with Crippen LogP contribution in [0.3, 0.4) is 0 Å². The standard InChI is InChI=1S/C14H15F2N3O4S/c1-7(17-14(20)12-6-23-8(2)18-12)9-4-10(15)13(11(16)5-9)19-24(3,21)22/h4-7,19H,1-3H3,(H,17,20)/t7-/m1/s1. The van der Waals surface area contributed by atoms with Crippen molar-refractivity contribution in [3.05, 3.63) is 47.2 Å². The summed E-state index contributed by atoms with van der Waals surface area (Å²) in [5, 5.41) is 2.51. The van der Waals surface area contributed by atoms with E-state index in [9.17, 15) is 22.0 Å². The average molecular weight is 359 g/mol. The summed E-state index contributed by atoms with van der Waals surface area (Å²) in [6.07, 6.45) is 1.94. The van der Waals surface area contributed by atoms with Gasteiger partial charge in [0.15, 0.2) is 23.2 Å². The summed E-state index contributed by atoms with van der Waals surface area (Å²) in [5.74, 6) is -2.44. The number of anilines is 1. The van der Waals surface area contributed by atoms with E-state index in [2.05, 4.69) is 10.3 Å². The molecular formula is C14H15F2N3O4S. The maximum Gasteiger partial charge on any atom is 0.273 e. The highest BCUT2D eigenvalue weighted by atomic mass is 32.2. The van der Waals surface area contributed by atoms with Gasteiger partial charge in [0.2, 0.25) is 10.0 Å². The van der Waals surface area contributed by atoms with Gasteiger partial charge in [-0.15, -0.1) is 0 Å². The molecule has 130 valence electrons. The first kappa shape index (κ1) is 17.9. The molecule has 0 saturated heterocycles. The minimum atomic E-state index is -3.83. The first-order valence-corrected chi connectivity index (χ1v) is 8.65. The number of benzene rings is 1. The van der Waals surface area contributed by atoms with Gasteiger partial charge in [0, 0.05) is 6.92 Å². The molecule has 0 unspecified atom stereocenters. The lowest BCUT2D eigenvalue weighted by molar-refractivity contribution is 0.0934. The van der Waals surface area contributed by atoms with Crippen molar-refractivity contribution in [2.24, 2.45) is 0 Å². The Bertz CT molecular complexity index is 857. The average Bonchev–Trinajstić information content (AvgIpc) is 2.88. The van der Waals surface area contributed by atoms with Crippen molar-refractivity contribution in [1.29, 1.82) is 0 Å². The van der Waals surface area contributed by atoms with Crippen LogP contribution in [-0.4, -0.2) is 25.6 Å². The maximum absolute atomic E-state index is 14.0. The number of amides is 1. The minimum Gasteiger partial charge on any atom is -0.448 e. The smallest absolute Gasteiger partial charge is 0.273 e. The molecular weight excluding hydrogens is 344 g/mol. The molecule has 24 heavy (non-hydrogen) atoms. The normalized spacial score (nSPS) is 12.7. The van der Waals surface area contributed by atoms with Crippen molar-refractivity contribution in [1.82, 2.24) is 10.3 Å². The summed E-state index contributed by atoms with van der Waals surface area (Å²) in [5.41, 5.74) is -0.611.